The van der Waals surface area contributed by atoms with Gasteiger partial charge in [-0.3, -0.25) is 9.58 Å². The van der Waals surface area contributed by atoms with E-state index in [0.29, 0.717) is 12.5 Å². The van der Waals surface area contributed by atoms with Gasteiger partial charge in [0, 0.05) is 30.5 Å². The summed E-state index contributed by atoms with van der Waals surface area (Å²) >= 11 is 0. The van der Waals surface area contributed by atoms with Gasteiger partial charge in [0.25, 0.3) is 0 Å². The van der Waals surface area contributed by atoms with Gasteiger partial charge in [0.2, 0.25) is 0 Å². The molecule has 0 bridgehead atoms. The maximum atomic E-state index is 12.6. The second-order valence-corrected chi connectivity index (χ2v) is 6.95. The van der Waals surface area contributed by atoms with Gasteiger partial charge in [-0.1, -0.05) is 25.1 Å². The molecule has 0 spiro atoms. The molecule has 2 atom stereocenters. The maximum Gasteiger partial charge on any atom is 0.322 e. The van der Waals surface area contributed by atoms with E-state index in [1.807, 2.05) is 34.7 Å². The third kappa shape index (κ3) is 3.30. The molecule has 24 heavy (non-hydrogen) atoms. The molecule has 2 amide bonds. The molecule has 1 aromatic heterocycles. The van der Waals surface area contributed by atoms with Gasteiger partial charge in [0.15, 0.2) is 0 Å². The predicted molar refractivity (Wildman–Crippen MR) is 96.4 cm³/mol. The number of hydrogen-bond acceptors (Lipinski definition) is 2. The molecule has 0 radical (unpaired) electrons. The Morgan fingerprint density at radius 1 is 1.38 bits per heavy atom. The van der Waals surface area contributed by atoms with Crippen LogP contribution in [-0.4, -0.2) is 28.4 Å². The fourth-order valence-electron chi connectivity index (χ4n) is 3.44. The number of carbonyl (C=O) groups is 1. The first-order valence-corrected chi connectivity index (χ1v) is 8.61. The van der Waals surface area contributed by atoms with Crippen LogP contribution in [0.5, 0.6) is 0 Å². The van der Waals surface area contributed by atoms with Crippen LogP contribution in [0.3, 0.4) is 0 Å². The lowest BCUT2D eigenvalue weighted by Crippen LogP contribution is -2.44. The molecule has 0 saturated carbocycles. The summed E-state index contributed by atoms with van der Waals surface area (Å²) in [6.07, 6.45) is 0.922. The Bertz CT molecular complexity index is 737. The lowest BCUT2D eigenvalue weighted by atomic mass is 10.1. The number of aryl methyl sites for hydroxylation is 2. The van der Waals surface area contributed by atoms with Crippen LogP contribution in [0.1, 0.15) is 30.8 Å². The van der Waals surface area contributed by atoms with Crippen LogP contribution in [0.2, 0.25) is 0 Å². The number of urea groups is 1. The Hall–Kier alpha value is -2.30. The quantitative estimate of drug-likeness (QED) is 0.937. The fourth-order valence-corrected chi connectivity index (χ4v) is 3.44. The monoisotopic (exact) mass is 326 g/mol. The highest BCUT2D eigenvalue weighted by atomic mass is 16.2. The van der Waals surface area contributed by atoms with Crippen molar-refractivity contribution in [3.05, 3.63) is 47.3 Å². The molecule has 0 aliphatic carbocycles. The first-order chi connectivity index (χ1) is 11.5. The highest BCUT2D eigenvalue weighted by Crippen LogP contribution is 2.31. The maximum absolute atomic E-state index is 12.6. The van der Waals surface area contributed by atoms with Gasteiger partial charge in [-0.2, -0.15) is 5.10 Å². The van der Waals surface area contributed by atoms with Crippen molar-refractivity contribution in [2.75, 3.05) is 11.4 Å². The van der Waals surface area contributed by atoms with E-state index < -0.39 is 0 Å². The number of rotatable bonds is 4. The van der Waals surface area contributed by atoms with Crippen molar-refractivity contribution in [2.45, 2.75) is 46.7 Å². The summed E-state index contributed by atoms with van der Waals surface area (Å²) in [4.78, 5) is 14.5. The number of benzene rings is 1. The van der Waals surface area contributed by atoms with Gasteiger partial charge in [-0.15, -0.1) is 0 Å². The van der Waals surface area contributed by atoms with Crippen molar-refractivity contribution >= 4 is 11.7 Å². The summed E-state index contributed by atoms with van der Waals surface area (Å²) in [5, 5.41) is 7.58. The van der Waals surface area contributed by atoms with E-state index in [-0.39, 0.29) is 12.1 Å². The zero-order chi connectivity index (χ0) is 17.3. The molecule has 0 saturated heterocycles. The molecule has 128 valence electrons. The van der Waals surface area contributed by atoms with Crippen molar-refractivity contribution in [1.29, 1.82) is 0 Å². The van der Waals surface area contributed by atoms with Crippen molar-refractivity contribution in [3.63, 3.8) is 0 Å². The molecule has 2 aromatic rings. The van der Waals surface area contributed by atoms with E-state index in [1.54, 1.807) is 0 Å². The molecule has 2 heterocycles. The van der Waals surface area contributed by atoms with Crippen molar-refractivity contribution in [2.24, 2.45) is 5.92 Å². The molecule has 5 heteroatoms. The second-order valence-electron chi connectivity index (χ2n) is 6.95. The van der Waals surface area contributed by atoms with Crippen LogP contribution in [0, 0.1) is 19.8 Å². The zero-order valence-electron chi connectivity index (χ0n) is 14.9. The molecule has 1 aliphatic rings. The van der Waals surface area contributed by atoms with E-state index in [4.69, 9.17) is 0 Å². The lowest BCUT2D eigenvalue weighted by molar-refractivity contribution is 0.242. The first-order valence-electron chi connectivity index (χ1n) is 8.61. The largest absolute Gasteiger partial charge is 0.337 e. The summed E-state index contributed by atoms with van der Waals surface area (Å²) in [5.74, 6) is 0.320. The van der Waals surface area contributed by atoms with Crippen molar-refractivity contribution < 1.29 is 4.79 Å². The van der Waals surface area contributed by atoms with E-state index in [2.05, 4.69) is 43.3 Å². The highest BCUT2D eigenvalue weighted by Gasteiger charge is 2.30. The summed E-state index contributed by atoms with van der Waals surface area (Å²) in [6.45, 7) is 9.75. The van der Waals surface area contributed by atoms with Gasteiger partial charge in [0.05, 0.1) is 5.69 Å². The van der Waals surface area contributed by atoms with E-state index in [0.717, 1.165) is 30.0 Å². The SMILES string of the molecule is Cc1cc(C)n(CC(C)CNC(=O)N2c3ccccc3CC2C)n1. The Morgan fingerprint density at radius 2 is 2.12 bits per heavy atom. The van der Waals surface area contributed by atoms with E-state index in [1.165, 1.54) is 5.56 Å². The van der Waals surface area contributed by atoms with Gasteiger partial charge in [0.1, 0.15) is 0 Å². The molecule has 5 nitrogen and oxygen atoms in total. The third-order valence-corrected chi connectivity index (χ3v) is 4.62. The number of nitrogens with one attached hydrogen (secondary N) is 1. The number of nitrogens with zero attached hydrogens (tertiary/aromatic N) is 3. The van der Waals surface area contributed by atoms with Crippen LogP contribution < -0.4 is 10.2 Å². The van der Waals surface area contributed by atoms with Crippen LogP contribution in [-0.2, 0) is 13.0 Å². The summed E-state index contributed by atoms with van der Waals surface area (Å²) in [5.41, 5.74) is 4.48. The number of carbonyl (C=O) groups excluding carboxylic acids is 1. The summed E-state index contributed by atoms with van der Waals surface area (Å²) < 4.78 is 2.01. The second kappa shape index (κ2) is 6.67. The van der Waals surface area contributed by atoms with Gasteiger partial charge in [-0.05, 0) is 50.8 Å². The fraction of sp³-hybridized carbons (Fsp3) is 0.474. The van der Waals surface area contributed by atoms with Crippen LogP contribution in [0.15, 0.2) is 30.3 Å². The highest BCUT2D eigenvalue weighted by molar-refractivity contribution is 5.94. The Labute approximate surface area is 143 Å². The number of hydrogen-bond donors (Lipinski definition) is 1. The molecule has 3 rings (SSSR count). The molecule has 1 aromatic carbocycles. The third-order valence-electron chi connectivity index (χ3n) is 4.62. The molecule has 1 aliphatic heterocycles. The summed E-state index contributed by atoms with van der Waals surface area (Å²) in [7, 11) is 0. The Kier molecular flexibility index (Phi) is 4.60. The minimum absolute atomic E-state index is 0.00679. The molecule has 2 unspecified atom stereocenters. The Balaban J connectivity index is 1.58. The van der Waals surface area contributed by atoms with Crippen LogP contribution >= 0.6 is 0 Å². The molecule has 0 fully saturated rings. The number of amides is 2. The smallest absolute Gasteiger partial charge is 0.322 e. The number of para-hydroxylation sites is 1. The van der Waals surface area contributed by atoms with Crippen LogP contribution in [0.4, 0.5) is 10.5 Å². The van der Waals surface area contributed by atoms with Crippen molar-refractivity contribution in [1.82, 2.24) is 15.1 Å². The molecule has 1 N–H and O–H groups in total. The first kappa shape index (κ1) is 16.6. The molecular weight excluding hydrogens is 300 g/mol. The minimum Gasteiger partial charge on any atom is -0.337 e. The van der Waals surface area contributed by atoms with E-state index >= 15 is 0 Å². The number of fused-ring (bicyclic) bond motifs is 1. The number of aromatic nitrogens is 2. The van der Waals surface area contributed by atoms with Crippen molar-refractivity contribution in [3.8, 4) is 0 Å². The van der Waals surface area contributed by atoms with Gasteiger partial charge >= 0.3 is 6.03 Å². The predicted octanol–water partition coefficient (Wildman–Crippen LogP) is 3.30. The Morgan fingerprint density at radius 3 is 2.83 bits per heavy atom. The standard InChI is InChI=1S/C19H26N4O/c1-13(12-22-15(3)9-14(2)21-22)11-20-19(24)23-16(4)10-17-7-5-6-8-18(17)23/h5-9,13,16H,10-12H2,1-4H3,(H,20,24). The van der Waals surface area contributed by atoms with Gasteiger partial charge < -0.3 is 5.32 Å². The average Bonchev–Trinajstić information content (AvgIpc) is 3.03. The summed E-state index contributed by atoms with van der Waals surface area (Å²) in [6, 6.07) is 10.4. The average molecular weight is 326 g/mol. The zero-order valence-corrected chi connectivity index (χ0v) is 14.9. The van der Waals surface area contributed by atoms with E-state index in [9.17, 15) is 4.79 Å². The normalized spacial score (nSPS) is 17.7. The van der Waals surface area contributed by atoms with Gasteiger partial charge in [-0.25, -0.2) is 4.79 Å². The molecular formula is C19H26N4O. The lowest BCUT2D eigenvalue weighted by Gasteiger charge is -2.24. The topological polar surface area (TPSA) is 50.2 Å². The minimum atomic E-state index is -0.00679. The number of anilines is 1. The van der Waals surface area contributed by atoms with Crippen LogP contribution in [0.25, 0.3) is 0 Å².